The molecule has 1 atom stereocenters. The Kier molecular flexibility index (Phi) is 4.35. The van der Waals surface area contributed by atoms with Crippen molar-refractivity contribution in [3.63, 3.8) is 0 Å². The maximum atomic E-state index is 10.9. The van der Waals surface area contributed by atoms with Gasteiger partial charge in [-0.3, -0.25) is 9.69 Å². The predicted octanol–water partition coefficient (Wildman–Crippen LogP) is 0.639. The molecule has 1 aromatic heterocycles. The SMILES string of the molecule is Cc1nc(C2CN(C)CCN2C)nc(C)c1CC(=O)O. The number of carboxylic acids is 1. The third-order valence-corrected chi connectivity index (χ3v) is 3.92. The van der Waals surface area contributed by atoms with Gasteiger partial charge < -0.3 is 10.0 Å². The highest BCUT2D eigenvalue weighted by Crippen LogP contribution is 2.22. The number of aliphatic carboxylic acids is 1. The van der Waals surface area contributed by atoms with E-state index in [4.69, 9.17) is 5.11 Å². The van der Waals surface area contributed by atoms with Gasteiger partial charge in [-0.25, -0.2) is 9.97 Å². The number of aryl methyl sites for hydroxylation is 2. The smallest absolute Gasteiger partial charge is 0.307 e. The summed E-state index contributed by atoms with van der Waals surface area (Å²) in [6.45, 7) is 6.65. The first kappa shape index (κ1) is 14.9. The van der Waals surface area contributed by atoms with Crippen LogP contribution in [0.1, 0.15) is 28.8 Å². The summed E-state index contributed by atoms with van der Waals surface area (Å²) in [5.74, 6) is -0.0507. The lowest BCUT2D eigenvalue weighted by atomic mass is 10.1. The van der Waals surface area contributed by atoms with Crippen molar-refractivity contribution in [1.82, 2.24) is 19.8 Å². The van der Waals surface area contributed by atoms with Crippen molar-refractivity contribution >= 4 is 5.97 Å². The summed E-state index contributed by atoms with van der Waals surface area (Å²) in [7, 11) is 4.18. The van der Waals surface area contributed by atoms with Gasteiger partial charge in [0, 0.05) is 36.6 Å². The molecule has 0 saturated carbocycles. The Labute approximate surface area is 119 Å². The molecule has 6 heteroatoms. The van der Waals surface area contributed by atoms with Crippen LogP contribution in [0.15, 0.2) is 0 Å². The van der Waals surface area contributed by atoms with Crippen molar-refractivity contribution in [2.75, 3.05) is 33.7 Å². The van der Waals surface area contributed by atoms with E-state index in [1.165, 1.54) is 0 Å². The van der Waals surface area contributed by atoms with E-state index < -0.39 is 5.97 Å². The molecule has 1 aliphatic rings. The number of carboxylic acid groups (broad SMARTS) is 1. The standard InChI is InChI=1S/C14H22N4O2/c1-9-11(7-13(19)20)10(2)16-14(15-9)12-8-17(3)5-6-18(12)4/h12H,5-8H2,1-4H3,(H,19,20). The lowest BCUT2D eigenvalue weighted by Gasteiger charge is -2.36. The maximum Gasteiger partial charge on any atom is 0.307 e. The quantitative estimate of drug-likeness (QED) is 0.875. The summed E-state index contributed by atoms with van der Waals surface area (Å²) in [6.07, 6.45) is -0.0155. The molecular formula is C14H22N4O2. The van der Waals surface area contributed by atoms with Crippen molar-refractivity contribution in [3.05, 3.63) is 22.8 Å². The topological polar surface area (TPSA) is 69.6 Å². The van der Waals surface area contributed by atoms with E-state index in [0.717, 1.165) is 42.4 Å². The van der Waals surface area contributed by atoms with E-state index in [9.17, 15) is 4.79 Å². The first-order chi connectivity index (χ1) is 9.38. The third kappa shape index (κ3) is 3.13. The van der Waals surface area contributed by atoms with Crippen LogP contribution >= 0.6 is 0 Å². The van der Waals surface area contributed by atoms with Gasteiger partial charge in [0.05, 0.1) is 12.5 Å². The zero-order chi connectivity index (χ0) is 14.9. The second kappa shape index (κ2) is 5.85. The Morgan fingerprint density at radius 3 is 2.40 bits per heavy atom. The van der Waals surface area contributed by atoms with E-state index in [1.54, 1.807) is 0 Å². The Bertz CT molecular complexity index is 495. The number of aromatic nitrogens is 2. The van der Waals surface area contributed by atoms with Gasteiger partial charge in [0.1, 0.15) is 5.82 Å². The van der Waals surface area contributed by atoms with Crippen LogP contribution in [0.25, 0.3) is 0 Å². The van der Waals surface area contributed by atoms with Gasteiger partial charge >= 0.3 is 5.97 Å². The van der Waals surface area contributed by atoms with Gasteiger partial charge in [0.25, 0.3) is 0 Å². The molecule has 2 heterocycles. The maximum absolute atomic E-state index is 10.9. The van der Waals surface area contributed by atoms with Gasteiger partial charge in [0.15, 0.2) is 0 Å². The van der Waals surface area contributed by atoms with Crippen LogP contribution in [-0.2, 0) is 11.2 Å². The van der Waals surface area contributed by atoms with Crippen LogP contribution in [-0.4, -0.2) is 64.6 Å². The predicted molar refractivity (Wildman–Crippen MR) is 75.7 cm³/mol. The van der Waals surface area contributed by atoms with E-state index in [1.807, 2.05) is 13.8 Å². The number of nitrogens with zero attached hydrogens (tertiary/aromatic N) is 4. The highest BCUT2D eigenvalue weighted by molar-refractivity contribution is 5.70. The van der Waals surface area contributed by atoms with E-state index in [0.29, 0.717) is 0 Å². The Balaban J connectivity index is 2.31. The minimum Gasteiger partial charge on any atom is -0.481 e. The monoisotopic (exact) mass is 278 g/mol. The van der Waals surface area contributed by atoms with Crippen LogP contribution in [0.4, 0.5) is 0 Å². The Morgan fingerprint density at radius 2 is 1.85 bits per heavy atom. The second-order valence-electron chi connectivity index (χ2n) is 5.56. The van der Waals surface area contributed by atoms with Gasteiger partial charge in [-0.15, -0.1) is 0 Å². The fourth-order valence-electron chi connectivity index (χ4n) is 2.61. The molecule has 6 nitrogen and oxygen atoms in total. The first-order valence-electron chi connectivity index (χ1n) is 6.83. The largest absolute Gasteiger partial charge is 0.481 e. The molecule has 0 radical (unpaired) electrons. The van der Waals surface area contributed by atoms with Crippen molar-refractivity contribution in [2.24, 2.45) is 0 Å². The van der Waals surface area contributed by atoms with Crippen molar-refractivity contribution in [2.45, 2.75) is 26.3 Å². The van der Waals surface area contributed by atoms with Crippen LogP contribution in [0.2, 0.25) is 0 Å². The summed E-state index contributed by atoms with van der Waals surface area (Å²) in [5.41, 5.74) is 2.28. The van der Waals surface area contributed by atoms with Gasteiger partial charge in [0.2, 0.25) is 0 Å². The van der Waals surface area contributed by atoms with Crippen LogP contribution < -0.4 is 0 Å². The van der Waals surface area contributed by atoms with Crippen molar-refractivity contribution < 1.29 is 9.90 Å². The molecule has 1 fully saturated rings. The fraction of sp³-hybridized carbons (Fsp3) is 0.643. The van der Waals surface area contributed by atoms with Crippen LogP contribution in [0, 0.1) is 13.8 Å². The average molecular weight is 278 g/mol. The lowest BCUT2D eigenvalue weighted by Crippen LogP contribution is -2.45. The van der Waals surface area contributed by atoms with Gasteiger partial charge in [-0.05, 0) is 27.9 Å². The summed E-state index contributed by atoms with van der Waals surface area (Å²) < 4.78 is 0. The molecule has 1 aromatic rings. The van der Waals surface area contributed by atoms with Crippen LogP contribution in [0.5, 0.6) is 0 Å². The molecule has 1 aliphatic heterocycles. The number of likely N-dealkylation sites (N-methyl/N-ethyl adjacent to an activating group) is 2. The number of hydrogen-bond donors (Lipinski definition) is 1. The summed E-state index contributed by atoms with van der Waals surface area (Å²) in [4.78, 5) is 24.5. The van der Waals surface area contributed by atoms with Crippen molar-refractivity contribution in [3.8, 4) is 0 Å². The summed E-state index contributed by atoms with van der Waals surface area (Å²) in [6, 6.07) is 0.171. The molecule has 0 aliphatic carbocycles. The number of hydrogen-bond acceptors (Lipinski definition) is 5. The molecule has 1 saturated heterocycles. The normalized spacial score (nSPS) is 21.1. The minimum absolute atomic E-state index is 0.0155. The first-order valence-corrected chi connectivity index (χ1v) is 6.83. The molecular weight excluding hydrogens is 256 g/mol. The number of piperazine rings is 1. The van der Waals surface area contributed by atoms with Crippen molar-refractivity contribution in [1.29, 1.82) is 0 Å². The van der Waals surface area contributed by atoms with Crippen LogP contribution in [0.3, 0.4) is 0 Å². The van der Waals surface area contributed by atoms with E-state index in [-0.39, 0.29) is 12.5 Å². The van der Waals surface area contributed by atoms with E-state index >= 15 is 0 Å². The zero-order valence-corrected chi connectivity index (χ0v) is 12.6. The minimum atomic E-state index is -0.845. The molecule has 0 amide bonds. The molecule has 2 rings (SSSR count). The highest BCUT2D eigenvalue weighted by Gasteiger charge is 2.27. The molecule has 110 valence electrons. The lowest BCUT2D eigenvalue weighted by molar-refractivity contribution is -0.136. The summed E-state index contributed by atoms with van der Waals surface area (Å²) >= 11 is 0. The molecule has 20 heavy (non-hydrogen) atoms. The highest BCUT2D eigenvalue weighted by atomic mass is 16.4. The van der Waals surface area contributed by atoms with Gasteiger partial charge in [-0.2, -0.15) is 0 Å². The second-order valence-corrected chi connectivity index (χ2v) is 5.56. The Morgan fingerprint density at radius 1 is 1.25 bits per heavy atom. The fourth-order valence-corrected chi connectivity index (χ4v) is 2.61. The summed E-state index contributed by atoms with van der Waals surface area (Å²) in [5, 5.41) is 8.94. The third-order valence-electron chi connectivity index (χ3n) is 3.92. The van der Waals surface area contributed by atoms with Gasteiger partial charge in [-0.1, -0.05) is 0 Å². The molecule has 1 unspecified atom stereocenters. The molecule has 0 spiro atoms. The number of rotatable bonds is 3. The Hall–Kier alpha value is -1.53. The number of carbonyl (C=O) groups is 1. The molecule has 0 aromatic carbocycles. The zero-order valence-electron chi connectivity index (χ0n) is 12.6. The van der Waals surface area contributed by atoms with E-state index in [2.05, 4.69) is 33.9 Å². The average Bonchev–Trinajstić information content (AvgIpc) is 2.36. The molecule has 1 N–H and O–H groups in total. The molecule has 0 bridgehead atoms.